The minimum absolute atomic E-state index is 0.0364. The number of hydrogen-bond donors (Lipinski definition) is 1. The number of esters is 1. The highest BCUT2D eigenvalue weighted by molar-refractivity contribution is 5.93. The van der Waals surface area contributed by atoms with E-state index in [0.29, 0.717) is 18.8 Å². The number of carbonyl (C=O) groups is 4. The van der Waals surface area contributed by atoms with E-state index in [1.807, 2.05) is 20.8 Å². The van der Waals surface area contributed by atoms with E-state index in [1.165, 1.54) is 19.8 Å². The van der Waals surface area contributed by atoms with Gasteiger partial charge in [-0.3, -0.25) is 14.4 Å². The molecule has 39 heavy (non-hydrogen) atoms. The number of ether oxygens (including phenoxy) is 1. The van der Waals surface area contributed by atoms with Crippen LogP contribution in [0.2, 0.25) is 0 Å². The van der Waals surface area contributed by atoms with Gasteiger partial charge in [-0.25, -0.2) is 0 Å². The first kappa shape index (κ1) is 30.4. The lowest BCUT2D eigenvalue weighted by Crippen LogP contribution is -2.68. The quantitative estimate of drug-likeness (QED) is 0.314. The molecule has 1 N–H and O–H groups in total. The number of rotatable bonds is 7. The second-order valence-electron chi connectivity index (χ2n) is 15.1. The molecule has 11 atom stereocenters. The topological polar surface area (TPSA) is 97.7 Å². The van der Waals surface area contributed by atoms with Gasteiger partial charge in [0.15, 0.2) is 0 Å². The monoisotopic (exact) mass is 544 g/mol. The van der Waals surface area contributed by atoms with E-state index in [2.05, 4.69) is 27.7 Å². The van der Waals surface area contributed by atoms with Crippen molar-refractivity contribution >= 4 is 23.8 Å². The Kier molecular flexibility index (Phi) is 8.08. The predicted molar refractivity (Wildman–Crippen MR) is 150 cm³/mol. The molecule has 4 fully saturated rings. The molecule has 0 aromatic rings. The summed E-state index contributed by atoms with van der Waals surface area (Å²) in [5.74, 6) is -1.87. The van der Waals surface area contributed by atoms with Crippen molar-refractivity contribution in [2.75, 3.05) is 0 Å². The molecule has 0 aliphatic heterocycles. The van der Waals surface area contributed by atoms with Crippen molar-refractivity contribution in [3.8, 4) is 0 Å². The van der Waals surface area contributed by atoms with Gasteiger partial charge in [0.2, 0.25) is 0 Å². The van der Waals surface area contributed by atoms with Gasteiger partial charge >= 0.3 is 5.97 Å². The smallest absolute Gasteiger partial charge is 0.308 e. The Morgan fingerprint density at radius 1 is 1.05 bits per heavy atom. The zero-order valence-corrected chi connectivity index (χ0v) is 25.5. The predicted octanol–water partition coefficient (Wildman–Crippen LogP) is 5.96. The molecule has 0 amide bonds. The van der Waals surface area contributed by atoms with Crippen molar-refractivity contribution in [3.05, 3.63) is 0 Å². The van der Waals surface area contributed by atoms with Crippen molar-refractivity contribution in [2.45, 2.75) is 125 Å². The van der Waals surface area contributed by atoms with Crippen LogP contribution >= 0.6 is 0 Å². The summed E-state index contributed by atoms with van der Waals surface area (Å²) >= 11 is 0. The molecule has 4 rings (SSSR count). The number of Topliss-reactive ketones (excluding diaryl/α,β-unsaturated/α-hetero) is 2. The number of carbonyl (C=O) groups excluding carboxylic acids is 4. The van der Waals surface area contributed by atoms with Crippen molar-refractivity contribution in [2.24, 2.45) is 57.2 Å². The molecule has 220 valence electrons. The van der Waals surface area contributed by atoms with Gasteiger partial charge in [0.05, 0.1) is 18.4 Å². The van der Waals surface area contributed by atoms with Gasteiger partial charge in [-0.2, -0.15) is 0 Å². The maximum atomic E-state index is 14.3. The van der Waals surface area contributed by atoms with Crippen LogP contribution in [0.25, 0.3) is 0 Å². The molecule has 0 radical (unpaired) electrons. The van der Waals surface area contributed by atoms with Crippen molar-refractivity contribution in [3.63, 3.8) is 0 Å². The lowest BCUT2D eigenvalue weighted by Gasteiger charge is -2.70. The zero-order valence-electron chi connectivity index (χ0n) is 25.5. The van der Waals surface area contributed by atoms with Crippen molar-refractivity contribution < 1.29 is 29.0 Å². The van der Waals surface area contributed by atoms with E-state index in [4.69, 9.17) is 4.74 Å². The number of hydrogen-bond acceptors (Lipinski definition) is 6. The van der Waals surface area contributed by atoms with Gasteiger partial charge in [0.1, 0.15) is 24.0 Å². The summed E-state index contributed by atoms with van der Waals surface area (Å²) < 4.78 is 5.96. The molecular formula is C33H52O6. The normalized spacial score (nSPS) is 46.5. The van der Waals surface area contributed by atoms with Gasteiger partial charge < -0.3 is 14.6 Å². The number of aldehydes is 1. The first-order valence-electron chi connectivity index (χ1n) is 15.5. The summed E-state index contributed by atoms with van der Waals surface area (Å²) in [6.45, 7) is 16.5. The minimum Gasteiger partial charge on any atom is -0.461 e. The van der Waals surface area contributed by atoms with Gasteiger partial charge in [0.25, 0.3) is 0 Å². The van der Waals surface area contributed by atoms with Crippen LogP contribution in [0.3, 0.4) is 0 Å². The molecule has 4 saturated carbocycles. The van der Waals surface area contributed by atoms with Crippen LogP contribution in [0.1, 0.15) is 113 Å². The molecule has 0 aromatic carbocycles. The summed E-state index contributed by atoms with van der Waals surface area (Å²) in [7, 11) is 0. The van der Waals surface area contributed by atoms with Crippen LogP contribution in [-0.4, -0.2) is 41.1 Å². The molecule has 0 aromatic heterocycles. The Bertz CT molecular complexity index is 1000. The number of aliphatic hydroxyl groups excluding tert-OH is 1. The van der Waals surface area contributed by atoms with E-state index in [-0.39, 0.29) is 52.0 Å². The lowest BCUT2D eigenvalue weighted by atomic mass is 9.34. The van der Waals surface area contributed by atoms with Crippen LogP contribution in [0.5, 0.6) is 0 Å². The molecule has 0 saturated heterocycles. The van der Waals surface area contributed by atoms with Crippen molar-refractivity contribution in [1.82, 2.24) is 0 Å². The third kappa shape index (κ3) is 4.55. The molecule has 0 heterocycles. The van der Waals surface area contributed by atoms with Gasteiger partial charge in [0, 0.05) is 17.8 Å². The third-order valence-electron chi connectivity index (χ3n) is 13.0. The molecule has 6 heteroatoms. The maximum absolute atomic E-state index is 14.3. The highest BCUT2D eigenvalue weighted by Gasteiger charge is 2.71. The SMILES string of the molecule is CC[C@@]1(C)CCC[C@]2(C)[C@H]3CC(=O)[C@]4(C)[C@@H](C=O)C(C(C)=O)[C@H](OC(=O)C[C@H](O)C(C)C)C[C@H]4[C@]3(C)CC[C@@H]12. The Morgan fingerprint density at radius 3 is 2.26 bits per heavy atom. The molecule has 0 bridgehead atoms. The second kappa shape index (κ2) is 10.4. The van der Waals surface area contributed by atoms with Gasteiger partial charge in [-0.1, -0.05) is 61.3 Å². The Morgan fingerprint density at radius 2 is 1.69 bits per heavy atom. The fourth-order valence-electron chi connectivity index (χ4n) is 10.5. The molecule has 1 unspecified atom stereocenters. The number of ketones is 2. The second-order valence-corrected chi connectivity index (χ2v) is 15.1. The zero-order chi connectivity index (χ0) is 29.1. The van der Waals surface area contributed by atoms with E-state index in [9.17, 15) is 24.3 Å². The standard InChI is InChI=1S/C33H52O6/c1-9-30(5)12-10-13-31(6)24(30)11-14-32(7)25(31)17-27(37)33(8)21(18-34)29(20(4)35)23(16-26(32)33)39-28(38)15-22(36)19(2)3/h18-19,21-26,29,36H,9-17H2,1-8H3/t21-,22-,23+,24-,25+,26-,29?,30-,31-,32+,33+/m0/s1. The summed E-state index contributed by atoms with van der Waals surface area (Å²) in [6, 6.07) is 0. The highest BCUT2D eigenvalue weighted by Crippen LogP contribution is 2.73. The number of aliphatic hydroxyl groups is 1. The van der Waals surface area contributed by atoms with Crippen LogP contribution in [0, 0.1) is 57.2 Å². The largest absolute Gasteiger partial charge is 0.461 e. The Hall–Kier alpha value is -1.56. The van der Waals surface area contributed by atoms with Crippen LogP contribution in [0.15, 0.2) is 0 Å². The summed E-state index contributed by atoms with van der Waals surface area (Å²) in [5.41, 5.74) is -0.861. The molecule has 4 aliphatic carbocycles. The highest BCUT2D eigenvalue weighted by atomic mass is 16.5. The maximum Gasteiger partial charge on any atom is 0.308 e. The van der Waals surface area contributed by atoms with E-state index >= 15 is 0 Å². The molecular weight excluding hydrogens is 492 g/mol. The van der Waals surface area contributed by atoms with Gasteiger partial charge in [-0.15, -0.1) is 0 Å². The average molecular weight is 545 g/mol. The van der Waals surface area contributed by atoms with Crippen LogP contribution in [0.4, 0.5) is 0 Å². The number of fused-ring (bicyclic) bond motifs is 5. The fourth-order valence-corrected chi connectivity index (χ4v) is 10.5. The van der Waals surface area contributed by atoms with E-state index < -0.39 is 35.4 Å². The fraction of sp³-hybridized carbons (Fsp3) is 0.879. The lowest BCUT2D eigenvalue weighted by molar-refractivity contribution is -0.224. The Balaban J connectivity index is 1.75. The van der Waals surface area contributed by atoms with Gasteiger partial charge in [-0.05, 0) is 78.9 Å². The first-order chi connectivity index (χ1) is 18.1. The summed E-state index contributed by atoms with van der Waals surface area (Å²) in [5, 5.41) is 10.3. The van der Waals surface area contributed by atoms with E-state index in [0.717, 1.165) is 32.0 Å². The third-order valence-corrected chi connectivity index (χ3v) is 13.0. The van der Waals surface area contributed by atoms with Crippen LogP contribution < -0.4 is 0 Å². The molecule has 4 aliphatic rings. The minimum atomic E-state index is -0.963. The molecule has 0 spiro atoms. The van der Waals surface area contributed by atoms with Crippen LogP contribution in [-0.2, 0) is 23.9 Å². The van der Waals surface area contributed by atoms with E-state index in [1.54, 1.807) is 0 Å². The Labute approximate surface area is 235 Å². The van der Waals surface area contributed by atoms with Crippen molar-refractivity contribution in [1.29, 1.82) is 0 Å². The molecule has 6 nitrogen and oxygen atoms in total. The average Bonchev–Trinajstić information content (AvgIpc) is 2.85. The summed E-state index contributed by atoms with van der Waals surface area (Å²) in [4.78, 5) is 53.0. The first-order valence-corrected chi connectivity index (χ1v) is 15.5. The summed E-state index contributed by atoms with van der Waals surface area (Å²) in [6.07, 6.45) is 6.62.